The van der Waals surface area contributed by atoms with Crippen LogP contribution >= 0.6 is 11.6 Å². The maximum absolute atomic E-state index is 12.5. The summed E-state index contributed by atoms with van der Waals surface area (Å²) in [4.78, 5) is 0. The molecule has 0 spiro atoms. The standard InChI is InChI=1S/C7H6ClF/c1-5-6(8)3-2-4-7(5)9/h2-4H,1H3/i9-1. The predicted octanol–water partition coefficient (Wildman–Crippen LogP) is 2.79. The van der Waals surface area contributed by atoms with Crippen LogP contribution in [0.25, 0.3) is 0 Å². The highest BCUT2D eigenvalue weighted by molar-refractivity contribution is 6.31. The molecule has 0 aliphatic rings. The topological polar surface area (TPSA) is 0 Å². The highest BCUT2D eigenvalue weighted by atomic mass is 35.5. The van der Waals surface area contributed by atoms with Gasteiger partial charge in [-0.1, -0.05) is 17.7 Å². The second-order valence-electron chi connectivity index (χ2n) is 1.85. The Bertz CT molecular complexity index is 200. The largest absolute Gasteiger partial charge is 0.207 e. The van der Waals surface area contributed by atoms with Crippen LogP contribution in [-0.2, 0) is 0 Å². The Balaban J connectivity index is 3.25. The van der Waals surface area contributed by atoms with E-state index in [2.05, 4.69) is 0 Å². The average molecular weight is 144 g/mol. The van der Waals surface area contributed by atoms with Crippen LogP contribution in [0.1, 0.15) is 5.56 Å². The molecule has 2 heteroatoms. The second kappa shape index (κ2) is 2.36. The van der Waals surface area contributed by atoms with E-state index in [4.69, 9.17) is 11.6 Å². The fourth-order valence-corrected chi connectivity index (χ4v) is 0.744. The lowest BCUT2D eigenvalue weighted by Crippen LogP contribution is -1.80. The Hall–Kier alpha value is -0.560. The molecular weight excluding hydrogens is 138 g/mol. The second-order valence-corrected chi connectivity index (χ2v) is 2.25. The zero-order valence-electron chi connectivity index (χ0n) is 4.99. The van der Waals surface area contributed by atoms with Crippen LogP contribution in [0.5, 0.6) is 0 Å². The number of halogens is 2. The van der Waals surface area contributed by atoms with Gasteiger partial charge in [-0.3, -0.25) is 0 Å². The van der Waals surface area contributed by atoms with E-state index in [-0.39, 0.29) is 5.82 Å². The molecule has 0 fully saturated rings. The van der Waals surface area contributed by atoms with Gasteiger partial charge in [-0.2, -0.15) is 0 Å². The molecule has 0 aliphatic heterocycles. The first-order valence-electron chi connectivity index (χ1n) is 2.62. The van der Waals surface area contributed by atoms with E-state index in [1.54, 1.807) is 19.1 Å². The molecule has 0 bridgehead atoms. The number of hydrogen-bond donors (Lipinski definition) is 0. The van der Waals surface area contributed by atoms with E-state index in [0.29, 0.717) is 10.6 Å². The molecule has 0 nitrogen and oxygen atoms in total. The summed E-state index contributed by atoms with van der Waals surface area (Å²) in [5.41, 5.74) is 0.513. The minimum Gasteiger partial charge on any atom is -0.207 e. The third-order valence-electron chi connectivity index (χ3n) is 1.20. The van der Waals surface area contributed by atoms with Gasteiger partial charge in [0.15, 0.2) is 0 Å². The Kier molecular flexibility index (Phi) is 1.72. The minimum absolute atomic E-state index is 0.248. The van der Waals surface area contributed by atoms with Gasteiger partial charge in [-0.15, -0.1) is 0 Å². The Morgan fingerprint density at radius 3 is 2.56 bits per heavy atom. The zero-order valence-corrected chi connectivity index (χ0v) is 5.74. The Morgan fingerprint density at radius 2 is 2.11 bits per heavy atom. The molecular formula is C7H6ClF. The molecule has 0 aromatic heterocycles. The third kappa shape index (κ3) is 1.22. The van der Waals surface area contributed by atoms with Crippen LogP contribution in [0.3, 0.4) is 0 Å². The molecule has 0 heterocycles. The van der Waals surface area contributed by atoms with Crippen molar-refractivity contribution < 1.29 is 4.39 Å². The van der Waals surface area contributed by atoms with Crippen molar-refractivity contribution in [2.24, 2.45) is 0 Å². The monoisotopic (exact) mass is 143 g/mol. The van der Waals surface area contributed by atoms with Gasteiger partial charge in [0, 0.05) is 10.6 Å². The Morgan fingerprint density at radius 1 is 1.44 bits per heavy atom. The van der Waals surface area contributed by atoms with Crippen molar-refractivity contribution in [2.45, 2.75) is 6.92 Å². The van der Waals surface area contributed by atoms with E-state index < -0.39 is 0 Å². The fraction of sp³-hybridized carbons (Fsp3) is 0.143. The molecule has 0 atom stereocenters. The van der Waals surface area contributed by atoms with Gasteiger partial charge < -0.3 is 0 Å². The molecule has 1 aromatic carbocycles. The maximum atomic E-state index is 12.5. The average Bonchev–Trinajstić information content (AvgIpc) is 1.83. The smallest absolute Gasteiger partial charge is 0.127 e. The Labute approximate surface area is 58.3 Å². The SMILES string of the molecule is Cc1c([18F])cccc1Cl. The highest BCUT2D eigenvalue weighted by Crippen LogP contribution is 2.16. The number of rotatable bonds is 0. The van der Waals surface area contributed by atoms with Crippen molar-refractivity contribution in [3.8, 4) is 0 Å². The van der Waals surface area contributed by atoms with Crippen molar-refractivity contribution in [1.29, 1.82) is 0 Å². The van der Waals surface area contributed by atoms with E-state index in [9.17, 15) is 4.39 Å². The number of hydrogen-bond acceptors (Lipinski definition) is 0. The quantitative estimate of drug-likeness (QED) is 0.524. The van der Waals surface area contributed by atoms with Gasteiger partial charge in [0.2, 0.25) is 0 Å². The molecule has 0 unspecified atom stereocenters. The van der Waals surface area contributed by atoms with Crippen molar-refractivity contribution in [1.82, 2.24) is 0 Å². The van der Waals surface area contributed by atoms with E-state index in [1.807, 2.05) is 0 Å². The summed E-state index contributed by atoms with van der Waals surface area (Å²) in [5, 5.41) is 0.481. The molecule has 9 heavy (non-hydrogen) atoms. The lowest BCUT2D eigenvalue weighted by molar-refractivity contribution is 0.618. The van der Waals surface area contributed by atoms with Gasteiger partial charge in [0.25, 0.3) is 0 Å². The number of benzene rings is 1. The van der Waals surface area contributed by atoms with Crippen molar-refractivity contribution in [3.05, 3.63) is 34.6 Å². The lowest BCUT2D eigenvalue weighted by Gasteiger charge is -1.95. The summed E-state index contributed by atoms with van der Waals surface area (Å²) < 4.78 is 12.5. The molecule has 0 radical (unpaired) electrons. The van der Waals surface area contributed by atoms with E-state index >= 15 is 0 Å². The predicted molar refractivity (Wildman–Crippen MR) is 36.1 cm³/mol. The molecule has 0 amide bonds. The molecule has 0 saturated heterocycles. The van der Waals surface area contributed by atoms with Gasteiger partial charge in [-0.05, 0) is 19.1 Å². The molecule has 48 valence electrons. The zero-order chi connectivity index (χ0) is 6.85. The van der Waals surface area contributed by atoms with Gasteiger partial charge >= 0.3 is 0 Å². The van der Waals surface area contributed by atoms with Crippen LogP contribution in [0, 0.1) is 12.7 Å². The maximum Gasteiger partial charge on any atom is 0.127 e. The summed E-state index contributed by atoms with van der Waals surface area (Å²) in [7, 11) is 0. The first kappa shape index (κ1) is 6.56. The summed E-state index contributed by atoms with van der Waals surface area (Å²) in [6.45, 7) is 1.65. The highest BCUT2D eigenvalue weighted by Gasteiger charge is 1.97. The van der Waals surface area contributed by atoms with Crippen LogP contribution < -0.4 is 0 Å². The van der Waals surface area contributed by atoms with Gasteiger partial charge in [0.05, 0.1) is 0 Å². The van der Waals surface area contributed by atoms with Crippen LogP contribution in [-0.4, -0.2) is 0 Å². The van der Waals surface area contributed by atoms with E-state index in [1.165, 1.54) is 6.07 Å². The first-order valence-corrected chi connectivity index (χ1v) is 3.00. The van der Waals surface area contributed by atoms with Gasteiger partial charge in [0.1, 0.15) is 5.82 Å². The minimum atomic E-state index is -0.248. The fourth-order valence-electron chi connectivity index (χ4n) is 0.581. The first-order chi connectivity index (χ1) is 4.22. The summed E-state index contributed by atoms with van der Waals surface area (Å²) in [6.07, 6.45) is 0. The molecule has 0 aliphatic carbocycles. The van der Waals surface area contributed by atoms with Crippen molar-refractivity contribution in [3.63, 3.8) is 0 Å². The van der Waals surface area contributed by atoms with E-state index in [0.717, 1.165) is 0 Å². The van der Waals surface area contributed by atoms with Crippen LogP contribution in [0.15, 0.2) is 18.2 Å². The summed E-state index contributed by atoms with van der Waals surface area (Å²) >= 11 is 5.57. The third-order valence-corrected chi connectivity index (χ3v) is 1.61. The lowest BCUT2D eigenvalue weighted by atomic mass is 10.2. The van der Waals surface area contributed by atoms with Crippen molar-refractivity contribution >= 4 is 11.6 Å². The molecule has 1 rings (SSSR count). The van der Waals surface area contributed by atoms with Crippen molar-refractivity contribution in [2.75, 3.05) is 0 Å². The molecule has 0 N–H and O–H groups in total. The normalized spacial score (nSPS) is 9.67. The van der Waals surface area contributed by atoms with Crippen LogP contribution in [0.2, 0.25) is 5.02 Å². The van der Waals surface area contributed by atoms with Crippen LogP contribution in [0.4, 0.5) is 4.39 Å². The molecule has 1 aromatic rings. The summed E-state index contributed by atoms with van der Waals surface area (Å²) in [5.74, 6) is -0.248. The van der Waals surface area contributed by atoms with Gasteiger partial charge in [-0.25, -0.2) is 4.39 Å². The summed E-state index contributed by atoms with van der Waals surface area (Å²) in [6, 6.07) is 4.64. The molecule has 0 saturated carbocycles.